The van der Waals surface area contributed by atoms with Crippen molar-refractivity contribution < 1.29 is 22.3 Å². The van der Waals surface area contributed by atoms with E-state index in [0.717, 1.165) is 0 Å². The summed E-state index contributed by atoms with van der Waals surface area (Å²) in [7, 11) is 0.863. The largest absolute Gasteiger partial charge is 0.493 e. The van der Waals surface area contributed by atoms with Gasteiger partial charge in [0.15, 0.2) is 11.5 Å². The SMILES string of the molecule is CNS(=O)(=O)c1cc(-c2nnc(-c3ccc(OC)c(OC)c3)o2)ccc1C. The number of aromatic nitrogens is 2. The summed E-state index contributed by atoms with van der Waals surface area (Å²) in [5.41, 5.74) is 1.78. The Morgan fingerprint density at radius 2 is 1.52 bits per heavy atom. The number of nitrogens with zero attached hydrogens (tertiary/aromatic N) is 2. The zero-order chi connectivity index (χ0) is 19.6. The van der Waals surface area contributed by atoms with Crippen molar-refractivity contribution in [3.8, 4) is 34.4 Å². The van der Waals surface area contributed by atoms with Gasteiger partial charge < -0.3 is 13.9 Å². The number of rotatable bonds is 6. The van der Waals surface area contributed by atoms with Gasteiger partial charge in [0.25, 0.3) is 0 Å². The third kappa shape index (κ3) is 3.64. The first kappa shape index (κ1) is 18.9. The lowest BCUT2D eigenvalue weighted by atomic mass is 10.1. The molecule has 0 aliphatic heterocycles. The molecule has 3 rings (SSSR count). The van der Waals surface area contributed by atoms with Crippen molar-refractivity contribution in [1.82, 2.24) is 14.9 Å². The highest BCUT2D eigenvalue weighted by Crippen LogP contribution is 2.33. The van der Waals surface area contributed by atoms with Crippen LogP contribution in [0.2, 0.25) is 0 Å². The first-order chi connectivity index (χ1) is 12.9. The molecule has 0 radical (unpaired) electrons. The van der Waals surface area contributed by atoms with E-state index in [1.54, 1.807) is 44.4 Å². The third-order valence-electron chi connectivity index (χ3n) is 4.05. The van der Waals surface area contributed by atoms with Gasteiger partial charge in [-0.25, -0.2) is 13.1 Å². The summed E-state index contributed by atoms with van der Waals surface area (Å²) in [6.07, 6.45) is 0. The first-order valence-electron chi connectivity index (χ1n) is 8.00. The van der Waals surface area contributed by atoms with Crippen LogP contribution in [0, 0.1) is 6.92 Å². The van der Waals surface area contributed by atoms with E-state index in [4.69, 9.17) is 13.9 Å². The van der Waals surface area contributed by atoms with Gasteiger partial charge in [-0.05, 0) is 49.9 Å². The minimum atomic E-state index is -3.59. The van der Waals surface area contributed by atoms with E-state index in [-0.39, 0.29) is 16.7 Å². The molecule has 0 aliphatic rings. The summed E-state index contributed by atoms with van der Waals surface area (Å²) in [6, 6.07) is 10.2. The highest BCUT2D eigenvalue weighted by molar-refractivity contribution is 7.89. The molecule has 1 heterocycles. The highest BCUT2D eigenvalue weighted by atomic mass is 32.2. The molecule has 0 fully saturated rings. The number of ether oxygens (including phenoxy) is 2. The fourth-order valence-corrected chi connectivity index (χ4v) is 3.55. The van der Waals surface area contributed by atoms with E-state index in [2.05, 4.69) is 14.9 Å². The number of hydrogen-bond acceptors (Lipinski definition) is 7. The smallest absolute Gasteiger partial charge is 0.248 e. The van der Waals surface area contributed by atoms with Crippen molar-refractivity contribution in [3.05, 3.63) is 42.0 Å². The van der Waals surface area contributed by atoms with E-state index < -0.39 is 10.0 Å². The Kier molecular flexibility index (Phi) is 5.15. The molecule has 0 amide bonds. The third-order valence-corrected chi connectivity index (χ3v) is 5.61. The first-order valence-corrected chi connectivity index (χ1v) is 9.48. The van der Waals surface area contributed by atoms with Crippen LogP contribution in [0.5, 0.6) is 11.5 Å². The number of benzene rings is 2. The van der Waals surface area contributed by atoms with Gasteiger partial charge in [-0.2, -0.15) is 0 Å². The lowest BCUT2D eigenvalue weighted by molar-refractivity contribution is 0.355. The Bertz CT molecular complexity index is 1080. The maximum absolute atomic E-state index is 12.2. The fraction of sp³-hybridized carbons (Fsp3) is 0.222. The summed E-state index contributed by atoms with van der Waals surface area (Å²) in [6.45, 7) is 1.72. The van der Waals surface area contributed by atoms with Gasteiger partial charge in [0.2, 0.25) is 21.8 Å². The van der Waals surface area contributed by atoms with E-state index in [9.17, 15) is 8.42 Å². The second-order valence-corrected chi connectivity index (χ2v) is 7.52. The van der Waals surface area contributed by atoms with Crippen molar-refractivity contribution in [2.24, 2.45) is 0 Å². The van der Waals surface area contributed by atoms with Crippen LogP contribution < -0.4 is 14.2 Å². The van der Waals surface area contributed by atoms with Crippen LogP contribution in [0.15, 0.2) is 45.7 Å². The summed E-state index contributed by atoms with van der Waals surface area (Å²) < 4.78 is 42.9. The summed E-state index contributed by atoms with van der Waals surface area (Å²) in [5.74, 6) is 1.62. The Morgan fingerprint density at radius 3 is 2.11 bits per heavy atom. The van der Waals surface area contributed by atoms with Crippen molar-refractivity contribution in [3.63, 3.8) is 0 Å². The van der Waals surface area contributed by atoms with Crippen molar-refractivity contribution in [2.75, 3.05) is 21.3 Å². The molecular weight excluding hydrogens is 370 g/mol. The van der Waals surface area contributed by atoms with Gasteiger partial charge in [0.1, 0.15) is 0 Å². The molecule has 2 aromatic carbocycles. The zero-order valence-corrected chi connectivity index (χ0v) is 16.1. The molecule has 27 heavy (non-hydrogen) atoms. The summed E-state index contributed by atoms with van der Waals surface area (Å²) in [5, 5.41) is 8.09. The monoisotopic (exact) mass is 389 g/mol. The quantitative estimate of drug-likeness (QED) is 0.691. The van der Waals surface area contributed by atoms with Gasteiger partial charge in [-0.15, -0.1) is 10.2 Å². The molecule has 9 heteroatoms. The zero-order valence-electron chi connectivity index (χ0n) is 15.3. The molecule has 1 aromatic heterocycles. The number of sulfonamides is 1. The average Bonchev–Trinajstić information content (AvgIpc) is 3.17. The van der Waals surface area contributed by atoms with Crippen molar-refractivity contribution >= 4 is 10.0 Å². The minimum Gasteiger partial charge on any atom is -0.493 e. The van der Waals surface area contributed by atoms with Gasteiger partial charge in [0, 0.05) is 11.1 Å². The Hall–Kier alpha value is -2.91. The molecule has 8 nitrogen and oxygen atoms in total. The van der Waals surface area contributed by atoms with E-state index in [1.165, 1.54) is 20.2 Å². The molecule has 142 valence electrons. The minimum absolute atomic E-state index is 0.161. The normalized spacial score (nSPS) is 11.4. The second kappa shape index (κ2) is 7.37. The van der Waals surface area contributed by atoms with Gasteiger partial charge >= 0.3 is 0 Å². The fourth-order valence-electron chi connectivity index (χ4n) is 2.56. The lowest BCUT2D eigenvalue weighted by Gasteiger charge is -2.08. The van der Waals surface area contributed by atoms with E-state index in [0.29, 0.717) is 28.2 Å². The predicted molar refractivity (Wildman–Crippen MR) is 99.3 cm³/mol. The van der Waals surface area contributed by atoms with Crippen LogP contribution in [0.25, 0.3) is 22.9 Å². The average molecular weight is 389 g/mol. The Labute approximate surface area is 157 Å². The van der Waals surface area contributed by atoms with Crippen LogP contribution in [0.4, 0.5) is 0 Å². The highest BCUT2D eigenvalue weighted by Gasteiger charge is 2.18. The molecule has 0 atom stereocenters. The number of aryl methyl sites for hydroxylation is 1. The molecule has 3 aromatic rings. The predicted octanol–water partition coefficient (Wildman–Crippen LogP) is 2.64. The van der Waals surface area contributed by atoms with Crippen molar-refractivity contribution in [1.29, 1.82) is 0 Å². The Balaban J connectivity index is 2.01. The number of hydrogen-bond donors (Lipinski definition) is 1. The number of methoxy groups -OCH3 is 2. The molecule has 0 saturated carbocycles. The van der Waals surface area contributed by atoms with Crippen LogP contribution >= 0.6 is 0 Å². The van der Waals surface area contributed by atoms with Crippen LogP contribution in [0.3, 0.4) is 0 Å². The molecule has 1 N–H and O–H groups in total. The molecule has 0 aliphatic carbocycles. The Morgan fingerprint density at radius 1 is 0.926 bits per heavy atom. The maximum Gasteiger partial charge on any atom is 0.248 e. The topological polar surface area (TPSA) is 104 Å². The standard InChI is InChI=1S/C18H19N3O5S/c1-11-5-6-13(10-16(11)27(22,23)19-2)18-21-20-17(26-18)12-7-8-14(24-3)15(9-12)25-4/h5-10,19H,1-4H3. The molecule has 0 saturated heterocycles. The molecule has 0 spiro atoms. The molecular formula is C18H19N3O5S. The second-order valence-electron chi connectivity index (χ2n) is 5.67. The number of nitrogens with one attached hydrogen (secondary N) is 1. The van der Waals surface area contributed by atoms with Crippen molar-refractivity contribution in [2.45, 2.75) is 11.8 Å². The van der Waals surface area contributed by atoms with Crippen LogP contribution in [-0.4, -0.2) is 39.9 Å². The van der Waals surface area contributed by atoms with Gasteiger partial charge in [-0.3, -0.25) is 0 Å². The van der Waals surface area contributed by atoms with Crippen LogP contribution in [-0.2, 0) is 10.0 Å². The maximum atomic E-state index is 12.2. The van der Waals surface area contributed by atoms with Crippen LogP contribution in [0.1, 0.15) is 5.56 Å². The summed E-state index contributed by atoms with van der Waals surface area (Å²) in [4.78, 5) is 0.161. The lowest BCUT2D eigenvalue weighted by Crippen LogP contribution is -2.19. The molecule has 0 unspecified atom stereocenters. The van der Waals surface area contributed by atoms with Gasteiger partial charge in [0.05, 0.1) is 19.1 Å². The van der Waals surface area contributed by atoms with E-state index in [1.807, 2.05) is 0 Å². The van der Waals surface area contributed by atoms with Gasteiger partial charge in [-0.1, -0.05) is 6.07 Å². The van der Waals surface area contributed by atoms with E-state index >= 15 is 0 Å². The summed E-state index contributed by atoms with van der Waals surface area (Å²) >= 11 is 0. The molecule has 0 bridgehead atoms.